The van der Waals surface area contributed by atoms with Crippen molar-refractivity contribution in [3.05, 3.63) is 227 Å². The lowest BCUT2D eigenvalue weighted by Crippen LogP contribution is -2.22. The highest BCUT2D eigenvalue weighted by Gasteiger charge is 2.26. The third-order valence-corrected chi connectivity index (χ3v) is 9.78. The standard InChI is InChI=1S/C49H46N2O2/c1-52-47-32-43(50(34-38-18-8-3-9-19-38)35-39-20-10-4-11-21-39)28-30-45(47)49(42-26-16-7-17-27-42)46-31-29-44(33-48(46)53-2)51(36-40-22-12-5-13-23-40)37-41-24-14-6-15-25-41/h3-33,49H,34-37H2,1-2H3. The first-order valence-corrected chi connectivity index (χ1v) is 18.2. The van der Waals surface area contributed by atoms with Crippen molar-refractivity contribution in [3.63, 3.8) is 0 Å². The monoisotopic (exact) mass is 694 g/mol. The Morgan fingerprint density at radius 1 is 0.377 bits per heavy atom. The molecule has 4 nitrogen and oxygen atoms in total. The van der Waals surface area contributed by atoms with Gasteiger partial charge in [-0.3, -0.25) is 0 Å². The molecule has 0 bridgehead atoms. The molecule has 0 unspecified atom stereocenters. The Morgan fingerprint density at radius 2 is 0.679 bits per heavy atom. The third kappa shape index (κ3) is 8.80. The van der Waals surface area contributed by atoms with Gasteiger partial charge in [0.2, 0.25) is 0 Å². The second-order valence-corrected chi connectivity index (χ2v) is 13.4. The molecule has 0 heterocycles. The van der Waals surface area contributed by atoms with Crippen molar-refractivity contribution in [2.45, 2.75) is 32.1 Å². The number of rotatable bonds is 15. The van der Waals surface area contributed by atoms with E-state index in [0.717, 1.165) is 60.2 Å². The van der Waals surface area contributed by atoms with Crippen molar-refractivity contribution >= 4 is 11.4 Å². The van der Waals surface area contributed by atoms with Crippen LogP contribution in [0, 0.1) is 0 Å². The van der Waals surface area contributed by atoms with Crippen molar-refractivity contribution in [2.75, 3.05) is 24.0 Å². The Labute approximate surface area is 314 Å². The number of anilines is 2. The molecule has 4 heteroatoms. The van der Waals surface area contributed by atoms with E-state index in [1.807, 2.05) is 0 Å². The van der Waals surface area contributed by atoms with Crippen molar-refractivity contribution in [2.24, 2.45) is 0 Å². The maximum Gasteiger partial charge on any atom is 0.125 e. The average Bonchev–Trinajstić information content (AvgIpc) is 3.22. The Kier molecular flexibility index (Phi) is 11.5. The van der Waals surface area contributed by atoms with Crippen molar-refractivity contribution < 1.29 is 9.47 Å². The van der Waals surface area contributed by atoms with Gasteiger partial charge in [-0.25, -0.2) is 0 Å². The molecular formula is C49H46N2O2. The summed E-state index contributed by atoms with van der Waals surface area (Å²) in [6, 6.07) is 66.6. The molecular weight excluding hydrogens is 649 g/mol. The molecule has 0 saturated heterocycles. The van der Waals surface area contributed by atoms with Gasteiger partial charge in [0.25, 0.3) is 0 Å². The third-order valence-electron chi connectivity index (χ3n) is 9.78. The van der Waals surface area contributed by atoms with Gasteiger partial charge < -0.3 is 19.3 Å². The maximum atomic E-state index is 6.25. The molecule has 0 aliphatic heterocycles. The number of methoxy groups -OCH3 is 2. The smallest absolute Gasteiger partial charge is 0.125 e. The van der Waals surface area contributed by atoms with E-state index in [2.05, 4.69) is 198 Å². The van der Waals surface area contributed by atoms with Crippen LogP contribution in [0.25, 0.3) is 0 Å². The molecule has 0 amide bonds. The molecule has 53 heavy (non-hydrogen) atoms. The van der Waals surface area contributed by atoms with Gasteiger partial charge in [0, 0.05) is 66.7 Å². The molecule has 0 radical (unpaired) electrons. The molecule has 0 saturated carbocycles. The molecule has 0 N–H and O–H groups in total. The topological polar surface area (TPSA) is 24.9 Å². The zero-order valence-electron chi connectivity index (χ0n) is 30.5. The summed E-state index contributed by atoms with van der Waals surface area (Å²) >= 11 is 0. The van der Waals surface area contributed by atoms with E-state index >= 15 is 0 Å². The lowest BCUT2D eigenvalue weighted by atomic mass is 9.83. The van der Waals surface area contributed by atoms with Crippen molar-refractivity contribution in [1.82, 2.24) is 0 Å². The summed E-state index contributed by atoms with van der Waals surface area (Å²) in [6.45, 7) is 3.10. The van der Waals surface area contributed by atoms with Crippen LogP contribution in [-0.2, 0) is 26.2 Å². The molecule has 0 spiro atoms. The lowest BCUT2D eigenvalue weighted by molar-refractivity contribution is 0.402. The second-order valence-electron chi connectivity index (χ2n) is 13.4. The highest BCUT2D eigenvalue weighted by molar-refractivity contribution is 5.63. The molecule has 7 aromatic carbocycles. The molecule has 264 valence electrons. The zero-order chi connectivity index (χ0) is 36.2. The summed E-state index contributed by atoms with van der Waals surface area (Å²) in [5.41, 5.74) is 10.6. The SMILES string of the molecule is COc1cc(N(Cc2ccccc2)Cc2ccccc2)ccc1C(c1ccccc1)c1ccc(N(Cc2ccccc2)Cc2ccccc2)cc1OC. The minimum atomic E-state index is -0.127. The summed E-state index contributed by atoms with van der Waals surface area (Å²) in [5.74, 6) is 1.55. The quantitative estimate of drug-likeness (QED) is 0.0998. The van der Waals surface area contributed by atoms with E-state index in [4.69, 9.17) is 9.47 Å². The van der Waals surface area contributed by atoms with Crippen LogP contribution in [0.3, 0.4) is 0 Å². The minimum absolute atomic E-state index is 0.127. The highest BCUT2D eigenvalue weighted by atomic mass is 16.5. The molecule has 0 aliphatic carbocycles. The van der Waals surface area contributed by atoms with Gasteiger partial charge in [0.15, 0.2) is 0 Å². The molecule has 0 fully saturated rings. The fourth-order valence-electron chi connectivity index (χ4n) is 7.13. The summed E-state index contributed by atoms with van der Waals surface area (Å²) < 4.78 is 12.5. The zero-order valence-corrected chi connectivity index (χ0v) is 30.5. The first-order valence-electron chi connectivity index (χ1n) is 18.2. The second kappa shape index (κ2) is 17.3. The van der Waals surface area contributed by atoms with Crippen LogP contribution in [0.1, 0.15) is 44.9 Å². The fourth-order valence-corrected chi connectivity index (χ4v) is 7.13. The van der Waals surface area contributed by atoms with E-state index in [-0.39, 0.29) is 5.92 Å². The van der Waals surface area contributed by atoms with E-state index in [1.54, 1.807) is 14.2 Å². The van der Waals surface area contributed by atoms with Crippen LogP contribution in [0.15, 0.2) is 188 Å². The van der Waals surface area contributed by atoms with E-state index in [9.17, 15) is 0 Å². The number of ether oxygens (including phenoxy) is 2. The van der Waals surface area contributed by atoms with Crippen LogP contribution in [0.4, 0.5) is 11.4 Å². The first kappa shape index (κ1) is 35.2. The van der Waals surface area contributed by atoms with Gasteiger partial charge in [-0.05, 0) is 39.9 Å². The number of benzene rings is 7. The minimum Gasteiger partial charge on any atom is -0.496 e. The van der Waals surface area contributed by atoms with Crippen LogP contribution in [0.5, 0.6) is 11.5 Å². The normalized spacial score (nSPS) is 10.9. The Bertz CT molecular complexity index is 1940. The summed E-state index contributed by atoms with van der Waals surface area (Å²) in [5, 5.41) is 0. The van der Waals surface area contributed by atoms with Gasteiger partial charge >= 0.3 is 0 Å². The predicted octanol–water partition coefficient (Wildman–Crippen LogP) is 11.3. The van der Waals surface area contributed by atoms with Gasteiger partial charge in [-0.15, -0.1) is 0 Å². The first-order chi connectivity index (χ1) is 26.2. The summed E-state index contributed by atoms with van der Waals surface area (Å²) in [7, 11) is 3.55. The fraction of sp³-hybridized carbons (Fsp3) is 0.143. The van der Waals surface area contributed by atoms with Crippen LogP contribution in [-0.4, -0.2) is 14.2 Å². The predicted molar refractivity (Wildman–Crippen MR) is 219 cm³/mol. The number of hydrogen-bond donors (Lipinski definition) is 0. The molecule has 7 rings (SSSR count). The van der Waals surface area contributed by atoms with E-state index < -0.39 is 0 Å². The highest BCUT2D eigenvalue weighted by Crippen LogP contribution is 2.44. The molecule has 0 aromatic heterocycles. The van der Waals surface area contributed by atoms with Crippen molar-refractivity contribution in [3.8, 4) is 11.5 Å². The average molecular weight is 695 g/mol. The number of hydrogen-bond acceptors (Lipinski definition) is 4. The van der Waals surface area contributed by atoms with Gasteiger partial charge in [-0.2, -0.15) is 0 Å². The number of nitrogens with zero attached hydrogens (tertiary/aromatic N) is 2. The van der Waals surface area contributed by atoms with Gasteiger partial charge in [0.1, 0.15) is 11.5 Å². The Balaban J connectivity index is 1.28. The van der Waals surface area contributed by atoms with Gasteiger partial charge in [0.05, 0.1) is 14.2 Å². The van der Waals surface area contributed by atoms with Crippen molar-refractivity contribution in [1.29, 1.82) is 0 Å². The Morgan fingerprint density at radius 3 is 0.981 bits per heavy atom. The van der Waals surface area contributed by atoms with Gasteiger partial charge in [-0.1, -0.05) is 164 Å². The summed E-state index contributed by atoms with van der Waals surface area (Å²) in [4.78, 5) is 4.83. The Hall–Kier alpha value is -6.26. The van der Waals surface area contributed by atoms with E-state index in [1.165, 1.54) is 27.8 Å². The molecule has 0 aliphatic rings. The lowest BCUT2D eigenvalue weighted by Gasteiger charge is -2.29. The molecule has 7 aromatic rings. The van der Waals surface area contributed by atoms with E-state index in [0.29, 0.717) is 0 Å². The van der Waals surface area contributed by atoms with Crippen LogP contribution < -0.4 is 19.3 Å². The summed E-state index contributed by atoms with van der Waals surface area (Å²) in [6.07, 6.45) is 0. The maximum absolute atomic E-state index is 6.25. The van der Waals surface area contributed by atoms with Crippen LogP contribution >= 0.6 is 0 Å². The van der Waals surface area contributed by atoms with Crippen LogP contribution in [0.2, 0.25) is 0 Å². The largest absolute Gasteiger partial charge is 0.496 e. The molecule has 0 atom stereocenters.